The molecule has 3 nitrogen and oxygen atoms in total. The van der Waals surface area contributed by atoms with Gasteiger partial charge in [0.15, 0.2) is 0 Å². The van der Waals surface area contributed by atoms with E-state index in [0.29, 0.717) is 17.0 Å². The summed E-state index contributed by atoms with van der Waals surface area (Å²) in [5, 5.41) is 6.07. The van der Waals surface area contributed by atoms with Gasteiger partial charge in [0, 0.05) is 24.7 Å². The van der Waals surface area contributed by atoms with E-state index < -0.39 is 0 Å². The Morgan fingerprint density at radius 1 is 1.06 bits per heavy atom. The maximum absolute atomic E-state index is 14.8. The largest absolute Gasteiger partial charge is 0.386 e. The Hall–Kier alpha value is -4.01. The van der Waals surface area contributed by atoms with Crippen LogP contribution in [0.25, 0.3) is 5.57 Å². The van der Waals surface area contributed by atoms with E-state index >= 15 is 0 Å². The van der Waals surface area contributed by atoms with Gasteiger partial charge in [-0.15, -0.1) is 6.42 Å². The Labute approximate surface area is 288 Å². The van der Waals surface area contributed by atoms with Gasteiger partial charge in [-0.2, -0.15) is 0 Å². The SMILES string of the molecule is C#Cc1ccc(CC2C=CC=C2c2cc(C)c(N=CC)c(F)c2)c(CC2(C(C)C)CCC2)c1.CC.CNc1cc(C)ccc1NC=S. The van der Waals surface area contributed by atoms with Crippen LogP contribution in [0.3, 0.4) is 0 Å². The molecule has 0 bridgehead atoms. The van der Waals surface area contributed by atoms with Crippen LogP contribution < -0.4 is 10.6 Å². The number of benzene rings is 3. The predicted octanol–water partition coefficient (Wildman–Crippen LogP) is 11.5. The summed E-state index contributed by atoms with van der Waals surface area (Å²) in [5.41, 5.74) is 12.3. The standard InChI is InChI=1S/C31H34FN.C9H12N2S.C2H6/c1-6-23-12-13-24(27(17-23)20-31(21(3)4)14-9-15-31)18-25-10-8-11-28(25)26-16-22(5)30(33-7-2)29(32)19-26;1-7-3-4-8(11-6-12)9(5-7)10-2;1-2/h1,7-8,10-13,16-17,19,21,25H,9,14-15,18,20H2,2-5H3;3-6,10H,1-2H3,(H,11,12);1-2H3. The molecule has 0 saturated heterocycles. The van der Waals surface area contributed by atoms with E-state index in [0.717, 1.165) is 40.9 Å². The smallest absolute Gasteiger partial charge is 0.149 e. The number of nitrogens with zero attached hydrogens (tertiary/aromatic N) is 1. The fourth-order valence-corrected chi connectivity index (χ4v) is 6.67. The molecule has 47 heavy (non-hydrogen) atoms. The summed E-state index contributed by atoms with van der Waals surface area (Å²) in [6.07, 6.45) is 19.7. The second-order valence-electron chi connectivity index (χ2n) is 12.6. The molecule has 5 heteroatoms. The van der Waals surface area contributed by atoms with Crippen LogP contribution in [-0.2, 0) is 12.8 Å². The highest BCUT2D eigenvalue weighted by Gasteiger charge is 2.40. The quantitative estimate of drug-likeness (QED) is 0.130. The van der Waals surface area contributed by atoms with Crippen molar-refractivity contribution in [2.45, 2.75) is 80.6 Å². The Balaban J connectivity index is 0.000000360. The van der Waals surface area contributed by atoms with Gasteiger partial charge in [-0.3, -0.25) is 4.99 Å². The minimum Gasteiger partial charge on any atom is -0.386 e. The minimum atomic E-state index is -0.266. The van der Waals surface area contributed by atoms with Crippen molar-refractivity contribution in [1.82, 2.24) is 0 Å². The van der Waals surface area contributed by atoms with Crippen molar-refractivity contribution in [2.75, 3.05) is 17.7 Å². The van der Waals surface area contributed by atoms with Gasteiger partial charge < -0.3 is 10.6 Å². The number of aryl methyl sites for hydroxylation is 2. The maximum Gasteiger partial charge on any atom is 0.149 e. The Bertz CT molecular complexity index is 1630. The van der Waals surface area contributed by atoms with E-state index in [-0.39, 0.29) is 11.7 Å². The molecule has 3 aromatic rings. The number of halogens is 1. The molecule has 0 aromatic heterocycles. The summed E-state index contributed by atoms with van der Waals surface area (Å²) in [7, 11) is 1.89. The van der Waals surface area contributed by atoms with E-state index in [1.165, 1.54) is 47.0 Å². The topological polar surface area (TPSA) is 36.4 Å². The predicted molar refractivity (Wildman–Crippen MR) is 208 cm³/mol. The summed E-state index contributed by atoms with van der Waals surface area (Å²) in [5.74, 6) is 3.43. The lowest BCUT2D eigenvalue weighted by atomic mass is 9.59. The highest BCUT2D eigenvalue weighted by Crippen LogP contribution is 2.50. The van der Waals surface area contributed by atoms with Gasteiger partial charge in [0.25, 0.3) is 0 Å². The number of anilines is 2. The monoisotopic (exact) mass is 649 g/mol. The summed E-state index contributed by atoms with van der Waals surface area (Å²) in [6.45, 7) is 14.5. The van der Waals surface area contributed by atoms with Crippen molar-refractivity contribution < 1.29 is 4.39 Å². The van der Waals surface area contributed by atoms with Crippen LogP contribution in [0.1, 0.15) is 87.3 Å². The Morgan fingerprint density at radius 3 is 2.38 bits per heavy atom. The van der Waals surface area contributed by atoms with Crippen LogP contribution in [0, 0.1) is 49.3 Å². The third-order valence-electron chi connectivity index (χ3n) is 9.45. The van der Waals surface area contributed by atoms with Gasteiger partial charge in [-0.1, -0.05) is 82.6 Å². The first-order valence-corrected chi connectivity index (χ1v) is 17.4. The zero-order valence-electron chi connectivity index (χ0n) is 29.5. The van der Waals surface area contributed by atoms with Crippen molar-refractivity contribution in [2.24, 2.45) is 22.2 Å². The summed E-state index contributed by atoms with van der Waals surface area (Å²) < 4.78 is 14.8. The molecule has 1 unspecified atom stereocenters. The third kappa shape index (κ3) is 9.30. The Kier molecular flexibility index (Phi) is 14.2. The number of hydrogen-bond donors (Lipinski definition) is 2. The number of hydrogen-bond acceptors (Lipinski definition) is 3. The van der Waals surface area contributed by atoms with Gasteiger partial charge in [-0.25, -0.2) is 4.39 Å². The molecule has 2 aliphatic rings. The molecule has 0 amide bonds. The van der Waals surface area contributed by atoms with Crippen LogP contribution >= 0.6 is 12.2 Å². The molecular weight excluding hydrogens is 598 g/mol. The molecule has 3 aromatic carbocycles. The maximum atomic E-state index is 14.8. The number of terminal acetylenes is 1. The van der Waals surface area contributed by atoms with E-state index in [4.69, 9.17) is 18.6 Å². The second-order valence-corrected chi connectivity index (χ2v) is 12.8. The van der Waals surface area contributed by atoms with Gasteiger partial charge in [-0.05, 0) is 128 Å². The van der Waals surface area contributed by atoms with E-state index in [1.54, 1.807) is 12.3 Å². The normalized spacial score (nSPS) is 15.9. The lowest BCUT2D eigenvalue weighted by molar-refractivity contribution is 0.0687. The van der Waals surface area contributed by atoms with Crippen LogP contribution in [0.4, 0.5) is 21.5 Å². The first kappa shape index (κ1) is 37.4. The van der Waals surface area contributed by atoms with Crippen LogP contribution in [0.2, 0.25) is 0 Å². The molecule has 1 saturated carbocycles. The van der Waals surface area contributed by atoms with Gasteiger partial charge >= 0.3 is 0 Å². The van der Waals surface area contributed by atoms with Crippen LogP contribution in [-0.4, -0.2) is 18.8 Å². The van der Waals surface area contributed by atoms with Crippen molar-refractivity contribution in [3.8, 4) is 12.3 Å². The number of aliphatic imine (C=N–C) groups is 1. The van der Waals surface area contributed by atoms with Gasteiger partial charge in [0.05, 0.1) is 16.9 Å². The molecule has 1 fully saturated rings. The van der Waals surface area contributed by atoms with E-state index in [1.807, 2.05) is 46.9 Å². The molecule has 2 aliphatic carbocycles. The zero-order valence-corrected chi connectivity index (χ0v) is 30.3. The van der Waals surface area contributed by atoms with Crippen LogP contribution in [0.5, 0.6) is 0 Å². The molecule has 1 atom stereocenters. The Morgan fingerprint density at radius 2 is 1.81 bits per heavy atom. The molecule has 0 heterocycles. The highest BCUT2D eigenvalue weighted by molar-refractivity contribution is 7.79. The number of rotatable bonds is 10. The molecular formula is C42H52FN3S. The number of allylic oxidation sites excluding steroid dienone is 4. The minimum absolute atomic E-state index is 0.219. The average molecular weight is 650 g/mol. The molecule has 5 rings (SSSR count). The van der Waals surface area contributed by atoms with Gasteiger partial charge in [0.1, 0.15) is 11.5 Å². The van der Waals surface area contributed by atoms with Crippen molar-refractivity contribution in [3.63, 3.8) is 0 Å². The summed E-state index contributed by atoms with van der Waals surface area (Å²) in [4.78, 5) is 4.20. The lowest BCUT2D eigenvalue weighted by Crippen LogP contribution is -2.37. The van der Waals surface area contributed by atoms with E-state index in [9.17, 15) is 4.39 Å². The molecule has 248 valence electrons. The summed E-state index contributed by atoms with van der Waals surface area (Å²) in [6, 6.07) is 16.3. The van der Waals surface area contributed by atoms with Crippen molar-refractivity contribution in [3.05, 3.63) is 106 Å². The van der Waals surface area contributed by atoms with Crippen LogP contribution in [0.15, 0.2) is 71.8 Å². The first-order valence-electron chi connectivity index (χ1n) is 16.9. The molecule has 0 spiro atoms. The number of nitrogens with one attached hydrogen (secondary N) is 2. The molecule has 0 radical (unpaired) electrons. The molecule has 0 aliphatic heterocycles. The lowest BCUT2D eigenvalue weighted by Gasteiger charge is -2.46. The zero-order chi connectivity index (χ0) is 34.6. The second kappa shape index (κ2) is 17.8. The average Bonchev–Trinajstić information content (AvgIpc) is 3.51. The van der Waals surface area contributed by atoms with Crippen molar-refractivity contribution in [1.29, 1.82) is 0 Å². The third-order valence-corrected chi connectivity index (χ3v) is 9.57. The fraction of sp³-hybridized carbons (Fsp3) is 0.381. The van der Waals surface area contributed by atoms with Gasteiger partial charge in [0.2, 0.25) is 0 Å². The highest BCUT2D eigenvalue weighted by atomic mass is 32.1. The number of thiocarbonyl (C=S) groups is 1. The summed E-state index contributed by atoms with van der Waals surface area (Å²) >= 11 is 4.71. The molecule has 2 N–H and O–H groups in total. The van der Waals surface area contributed by atoms with Crippen molar-refractivity contribution >= 4 is 46.6 Å². The first-order chi connectivity index (χ1) is 22.6. The van der Waals surface area contributed by atoms with E-state index in [2.05, 4.69) is 90.9 Å². The fourth-order valence-electron chi connectivity index (χ4n) is 6.54.